The summed E-state index contributed by atoms with van der Waals surface area (Å²) in [7, 11) is 0. The lowest BCUT2D eigenvalue weighted by molar-refractivity contribution is -0.150. The Morgan fingerprint density at radius 2 is 1.92 bits per heavy atom. The minimum absolute atomic E-state index is 0.0541. The average Bonchev–Trinajstić information content (AvgIpc) is 2.93. The Balaban J connectivity index is 2.33. The van der Waals surface area contributed by atoms with Crippen molar-refractivity contribution in [3.63, 3.8) is 0 Å². The van der Waals surface area contributed by atoms with Gasteiger partial charge in [-0.05, 0) is 17.7 Å². The molecule has 25 heavy (non-hydrogen) atoms. The summed E-state index contributed by atoms with van der Waals surface area (Å²) in [6.07, 6.45) is -4.95. The van der Waals surface area contributed by atoms with Crippen molar-refractivity contribution in [2.75, 3.05) is 0 Å². The van der Waals surface area contributed by atoms with Crippen LogP contribution in [0.3, 0.4) is 0 Å². The van der Waals surface area contributed by atoms with Crippen molar-refractivity contribution in [2.45, 2.75) is 12.7 Å². The molecule has 0 aliphatic rings. The van der Waals surface area contributed by atoms with Gasteiger partial charge in [0.2, 0.25) is 5.82 Å². The van der Waals surface area contributed by atoms with Crippen LogP contribution < -0.4 is 5.56 Å². The molecule has 0 aliphatic carbocycles. The van der Waals surface area contributed by atoms with Crippen LogP contribution in [0.2, 0.25) is 5.02 Å². The molecule has 0 aliphatic heterocycles. The van der Waals surface area contributed by atoms with Crippen molar-refractivity contribution in [2.24, 2.45) is 0 Å². The van der Waals surface area contributed by atoms with Gasteiger partial charge in [0.1, 0.15) is 11.4 Å². The Morgan fingerprint density at radius 1 is 1.28 bits per heavy atom. The molecule has 5 nitrogen and oxygen atoms in total. The van der Waals surface area contributed by atoms with E-state index in [0.717, 1.165) is 11.3 Å². The number of hydrogen-bond acceptors (Lipinski definition) is 4. The van der Waals surface area contributed by atoms with Crippen LogP contribution in [-0.2, 0) is 17.5 Å². The van der Waals surface area contributed by atoms with E-state index in [0.29, 0.717) is 16.1 Å². The number of fused-ring (bicyclic) bond motifs is 1. The number of rotatable bonds is 3. The zero-order valence-electron chi connectivity index (χ0n) is 12.2. The maximum Gasteiger partial charge on any atom is 0.449 e. The van der Waals surface area contributed by atoms with Gasteiger partial charge in [0.15, 0.2) is 0 Å². The average molecular weight is 389 g/mol. The van der Waals surface area contributed by atoms with Crippen LogP contribution in [-0.4, -0.2) is 20.6 Å². The second kappa shape index (κ2) is 6.16. The fourth-order valence-electron chi connectivity index (χ4n) is 2.36. The Morgan fingerprint density at radius 3 is 2.48 bits per heavy atom. The second-order valence-electron chi connectivity index (χ2n) is 5.05. The molecular weight excluding hydrogens is 381 g/mol. The van der Waals surface area contributed by atoms with Gasteiger partial charge in [-0.1, -0.05) is 23.7 Å². The van der Waals surface area contributed by atoms with Crippen molar-refractivity contribution in [1.82, 2.24) is 9.55 Å². The molecule has 1 aromatic carbocycles. The number of halogens is 4. The van der Waals surface area contributed by atoms with Gasteiger partial charge in [0.05, 0.1) is 5.39 Å². The first kappa shape index (κ1) is 17.4. The lowest BCUT2D eigenvalue weighted by Crippen LogP contribution is -2.32. The normalized spacial score (nSPS) is 11.8. The van der Waals surface area contributed by atoms with Crippen molar-refractivity contribution < 1.29 is 23.1 Å². The Bertz CT molecular complexity index is 1030. The number of alkyl halides is 3. The predicted molar refractivity (Wildman–Crippen MR) is 87.0 cm³/mol. The third-order valence-corrected chi connectivity index (χ3v) is 4.52. The molecule has 10 heteroatoms. The maximum atomic E-state index is 13.2. The van der Waals surface area contributed by atoms with E-state index in [-0.39, 0.29) is 14.8 Å². The monoisotopic (exact) mass is 388 g/mol. The molecule has 0 saturated heterocycles. The van der Waals surface area contributed by atoms with Crippen LogP contribution in [0.15, 0.2) is 34.4 Å². The first-order valence-electron chi connectivity index (χ1n) is 6.75. The molecule has 0 saturated carbocycles. The van der Waals surface area contributed by atoms with Crippen LogP contribution in [0.25, 0.3) is 21.3 Å². The number of carboxylic acids is 1. The zero-order valence-corrected chi connectivity index (χ0v) is 13.7. The van der Waals surface area contributed by atoms with E-state index in [9.17, 15) is 22.8 Å². The SMILES string of the molecule is O=C(O)Cn1c(C(F)(F)F)nc2scc(-c3ccc(Cl)cc3)c2c1=O. The highest BCUT2D eigenvalue weighted by Crippen LogP contribution is 2.34. The number of aromatic nitrogens is 2. The van der Waals surface area contributed by atoms with Gasteiger partial charge in [-0.3, -0.25) is 14.2 Å². The highest BCUT2D eigenvalue weighted by atomic mass is 35.5. The molecule has 0 unspecified atom stereocenters. The van der Waals surface area contributed by atoms with Crippen molar-refractivity contribution in [1.29, 1.82) is 0 Å². The standard InChI is InChI=1S/C15H8ClF3N2O3S/c16-8-3-1-7(2-4-8)9-6-25-12-11(9)13(24)21(5-10(22)23)14(20-12)15(17,18)19/h1-4,6H,5H2,(H,22,23). The lowest BCUT2D eigenvalue weighted by Gasteiger charge is -2.13. The summed E-state index contributed by atoms with van der Waals surface area (Å²) in [6, 6.07) is 6.38. The molecule has 0 radical (unpaired) electrons. The fourth-order valence-corrected chi connectivity index (χ4v) is 3.43. The largest absolute Gasteiger partial charge is 0.480 e. The molecule has 3 aromatic rings. The summed E-state index contributed by atoms with van der Waals surface area (Å²) < 4.78 is 39.6. The minimum Gasteiger partial charge on any atom is -0.480 e. The van der Waals surface area contributed by atoms with Crippen LogP contribution in [0, 0.1) is 0 Å². The molecule has 3 rings (SSSR count). The van der Waals surface area contributed by atoms with Crippen molar-refractivity contribution >= 4 is 39.1 Å². The van der Waals surface area contributed by atoms with Crippen LogP contribution in [0.1, 0.15) is 5.82 Å². The topological polar surface area (TPSA) is 72.2 Å². The molecule has 0 spiro atoms. The van der Waals surface area contributed by atoms with Crippen LogP contribution >= 0.6 is 22.9 Å². The van der Waals surface area contributed by atoms with Gasteiger partial charge in [0, 0.05) is 16.0 Å². The van der Waals surface area contributed by atoms with E-state index < -0.39 is 30.1 Å². The number of carbonyl (C=O) groups is 1. The Hall–Kier alpha value is -2.39. The van der Waals surface area contributed by atoms with Crippen LogP contribution in [0.4, 0.5) is 13.2 Å². The third-order valence-electron chi connectivity index (χ3n) is 3.40. The van der Waals surface area contributed by atoms with E-state index in [2.05, 4.69) is 4.98 Å². The number of aliphatic carboxylic acids is 1. The Kier molecular flexibility index (Phi) is 4.29. The van der Waals surface area contributed by atoms with Crippen molar-refractivity contribution in [3.05, 3.63) is 50.8 Å². The fraction of sp³-hybridized carbons (Fsp3) is 0.133. The van der Waals surface area contributed by atoms with Crippen molar-refractivity contribution in [3.8, 4) is 11.1 Å². The lowest BCUT2D eigenvalue weighted by atomic mass is 10.1. The second-order valence-corrected chi connectivity index (χ2v) is 6.35. The molecule has 2 aromatic heterocycles. The number of thiophene rings is 1. The van der Waals surface area contributed by atoms with Gasteiger partial charge in [-0.25, -0.2) is 4.98 Å². The van der Waals surface area contributed by atoms with Gasteiger partial charge < -0.3 is 5.11 Å². The number of benzene rings is 1. The highest BCUT2D eigenvalue weighted by molar-refractivity contribution is 7.17. The molecule has 0 bridgehead atoms. The summed E-state index contributed by atoms with van der Waals surface area (Å²) in [5, 5.41) is 10.8. The van der Waals surface area contributed by atoms with Crippen LogP contribution in [0.5, 0.6) is 0 Å². The molecule has 2 heterocycles. The summed E-state index contributed by atoms with van der Waals surface area (Å²) in [5.74, 6) is -3.10. The summed E-state index contributed by atoms with van der Waals surface area (Å²) in [4.78, 5) is 26.9. The van der Waals surface area contributed by atoms with E-state index in [1.54, 1.807) is 24.3 Å². The van der Waals surface area contributed by atoms with E-state index in [1.807, 2.05) is 0 Å². The van der Waals surface area contributed by atoms with Gasteiger partial charge in [-0.15, -0.1) is 11.3 Å². The zero-order chi connectivity index (χ0) is 18.4. The first-order valence-corrected chi connectivity index (χ1v) is 8.01. The Labute approximate surface area is 146 Å². The van der Waals surface area contributed by atoms with Gasteiger partial charge in [0.25, 0.3) is 5.56 Å². The predicted octanol–water partition coefficient (Wildman–Crippen LogP) is 3.88. The quantitative estimate of drug-likeness (QED) is 0.739. The maximum absolute atomic E-state index is 13.2. The summed E-state index contributed by atoms with van der Waals surface area (Å²) >= 11 is 6.69. The van der Waals surface area contributed by atoms with E-state index >= 15 is 0 Å². The van der Waals surface area contributed by atoms with E-state index in [4.69, 9.17) is 16.7 Å². The molecule has 1 N–H and O–H groups in total. The smallest absolute Gasteiger partial charge is 0.449 e. The third kappa shape index (κ3) is 3.24. The summed E-state index contributed by atoms with van der Waals surface area (Å²) in [6.45, 7) is -1.13. The summed E-state index contributed by atoms with van der Waals surface area (Å²) in [5.41, 5.74) is -0.107. The number of nitrogens with zero attached hydrogens (tertiary/aromatic N) is 2. The minimum atomic E-state index is -4.95. The van der Waals surface area contributed by atoms with Gasteiger partial charge in [-0.2, -0.15) is 13.2 Å². The molecule has 0 atom stereocenters. The van der Waals surface area contributed by atoms with E-state index in [1.165, 1.54) is 5.38 Å². The molecule has 130 valence electrons. The van der Waals surface area contributed by atoms with Gasteiger partial charge >= 0.3 is 12.1 Å². The molecule has 0 amide bonds. The molecule has 0 fully saturated rings. The highest BCUT2D eigenvalue weighted by Gasteiger charge is 2.38. The first-order chi connectivity index (χ1) is 11.7. The number of carboxylic acid groups (broad SMARTS) is 1. The number of hydrogen-bond donors (Lipinski definition) is 1. The molecular formula is C15H8ClF3N2O3S.